The largest absolute Gasteiger partial charge is 0.297 e. The molecule has 0 saturated carbocycles. The van der Waals surface area contributed by atoms with Crippen LogP contribution in [0.5, 0.6) is 0 Å². The van der Waals surface area contributed by atoms with E-state index in [1.165, 1.54) is 177 Å². The Morgan fingerprint density at radius 3 is 1.31 bits per heavy atom. The summed E-state index contributed by atoms with van der Waals surface area (Å²) >= 11 is 10.8. The molecule has 2 nitrogen and oxygen atoms in total. The molecule has 0 aliphatic rings. The molecule has 332 valence electrons. The van der Waals surface area contributed by atoms with Gasteiger partial charge >= 0.3 is 0 Å². The van der Waals surface area contributed by atoms with Crippen molar-refractivity contribution in [1.82, 2.24) is 0 Å². The van der Waals surface area contributed by atoms with Gasteiger partial charge in [-0.05, 0) is 133 Å². The van der Waals surface area contributed by atoms with Crippen LogP contribution < -0.4 is 0 Å². The van der Waals surface area contributed by atoms with Crippen LogP contribution in [0.4, 0.5) is 4.39 Å². The van der Waals surface area contributed by atoms with Crippen LogP contribution in [0.3, 0.4) is 0 Å². The van der Waals surface area contributed by atoms with Gasteiger partial charge < -0.3 is 0 Å². The standard InChI is InChI=1S/C25H31NS3.C25H32OS3.CH3F.CH4/c2*1-3-5-7-9-11-19-15-16-27-24(19)22-13-14-23(29-22)25-20(12-10-8-6-4-2)17-21(18-26)28-25;1-2;/h13-17H,3-12H2,1-2H3;13-18H,3-12H2,1-2H3;1H3;1H4/i;;1D;. The Hall–Kier alpha value is -2.71. The molecular weight excluding hydrogens is 866 g/mol. The second kappa shape index (κ2) is 30.4. The number of aldehydes is 1. The van der Waals surface area contributed by atoms with E-state index in [1.807, 2.05) is 45.3 Å². The Kier molecular flexibility index (Phi) is 25.4. The minimum absolute atomic E-state index is 0. The molecular formula is C52H70FNOS6. The fourth-order valence-electron chi connectivity index (χ4n) is 7.41. The topological polar surface area (TPSA) is 40.9 Å². The lowest BCUT2D eigenvalue weighted by Gasteiger charge is -2.03. The molecule has 0 spiro atoms. The molecule has 0 saturated heterocycles. The smallest absolute Gasteiger partial charge is 0.160 e. The summed E-state index contributed by atoms with van der Waals surface area (Å²) in [4.78, 5) is 24.0. The summed E-state index contributed by atoms with van der Waals surface area (Å²) in [5, 5.41) is 13.9. The van der Waals surface area contributed by atoms with Gasteiger partial charge in [-0.3, -0.25) is 9.18 Å². The molecule has 0 bridgehead atoms. The highest BCUT2D eigenvalue weighted by molar-refractivity contribution is 7.27. The fraction of sp³-hybridized carbons (Fsp3) is 0.500. The molecule has 0 amide bonds. The van der Waals surface area contributed by atoms with Crippen molar-refractivity contribution in [2.45, 2.75) is 164 Å². The first kappa shape index (κ1) is 50.9. The van der Waals surface area contributed by atoms with Gasteiger partial charge in [0.15, 0.2) is 6.29 Å². The maximum absolute atomic E-state index is 11.4. The number of unbranched alkanes of at least 4 members (excludes halogenated alkanes) is 12. The van der Waals surface area contributed by atoms with E-state index in [0.29, 0.717) is 0 Å². The molecule has 6 rings (SSSR count). The number of carbonyl (C=O) groups is 1. The number of thiophene rings is 6. The molecule has 6 heterocycles. The van der Waals surface area contributed by atoms with E-state index in [2.05, 4.69) is 93.1 Å². The summed E-state index contributed by atoms with van der Waals surface area (Å²) in [5.74, 6) is 0. The molecule has 6 aromatic heterocycles. The van der Waals surface area contributed by atoms with Crippen molar-refractivity contribution in [2.75, 3.05) is 7.15 Å². The minimum Gasteiger partial charge on any atom is -0.297 e. The number of rotatable bonds is 25. The molecule has 0 radical (unpaired) electrons. The van der Waals surface area contributed by atoms with Crippen molar-refractivity contribution >= 4 is 74.3 Å². The van der Waals surface area contributed by atoms with Crippen LogP contribution in [0.1, 0.15) is 176 Å². The van der Waals surface area contributed by atoms with Gasteiger partial charge in [-0.25, -0.2) is 0 Å². The monoisotopic (exact) mass is 936 g/mol. The predicted molar refractivity (Wildman–Crippen MR) is 277 cm³/mol. The van der Waals surface area contributed by atoms with Gasteiger partial charge in [0.05, 0.1) is 13.4 Å². The van der Waals surface area contributed by atoms with Crippen LogP contribution in [-0.2, 0) is 25.7 Å². The number of alkyl halides is 1. The highest BCUT2D eigenvalue weighted by atomic mass is 32.1. The number of aryl methyl sites for hydroxylation is 4. The second-order valence-corrected chi connectivity index (χ2v) is 21.5. The summed E-state index contributed by atoms with van der Waals surface area (Å²) in [6, 6.07) is 20.3. The van der Waals surface area contributed by atoms with Gasteiger partial charge in [0, 0.05) is 39.0 Å². The zero-order chi connectivity index (χ0) is 43.7. The van der Waals surface area contributed by atoms with Crippen LogP contribution in [-0.4, -0.2) is 13.4 Å². The van der Waals surface area contributed by atoms with E-state index < -0.39 is 7.15 Å². The normalized spacial score (nSPS) is 10.9. The fourth-order valence-corrected chi connectivity index (χ4v) is 14.0. The molecule has 9 heteroatoms. The lowest BCUT2D eigenvalue weighted by Crippen LogP contribution is -1.85. The van der Waals surface area contributed by atoms with Crippen LogP contribution >= 0.6 is 68.0 Å². The SMILES string of the molecule is C.CCCCCCc1ccsc1-c1ccc(-c2sc(C#N)cc2CCCCCC)s1.CCCCCCc1ccsc1-c1ccc(-c2sc(C=O)cc2CCCCCC)s1.[2H]CF. The highest BCUT2D eigenvalue weighted by Crippen LogP contribution is 2.44. The van der Waals surface area contributed by atoms with E-state index in [-0.39, 0.29) is 7.43 Å². The molecule has 0 fully saturated rings. The third-order valence-corrected chi connectivity index (χ3v) is 17.7. The van der Waals surface area contributed by atoms with Crippen molar-refractivity contribution in [1.29, 1.82) is 5.26 Å². The van der Waals surface area contributed by atoms with Gasteiger partial charge in [-0.1, -0.05) is 112 Å². The maximum Gasteiger partial charge on any atom is 0.160 e. The van der Waals surface area contributed by atoms with Crippen molar-refractivity contribution in [3.8, 4) is 45.1 Å². The highest BCUT2D eigenvalue weighted by Gasteiger charge is 2.17. The summed E-state index contributed by atoms with van der Waals surface area (Å²) in [5.41, 5.74) is 5.72. The third-order valence-electron chi connectivity index (χ3n) is 10.7. The van der Waals surface area contributed by atoms with Crippen molar-refractivity contribution < 1.29 is 10.6 Å². The first-order chi connectivity index (χ1) is 29.9. The predicted octanol–water partition coefficient (Wildman–Crippen LogP) is 19.8. The van der Waals surface area contributed by atoms with E-state index >= 15 is 0 Å². The Labute approximate surface area is 394 Å². The molecule has 0 aromatic carbocycles. The van der Waals surface area contributed by atoms with Gasteiger partial charge in [0.2, 0.25) is 0 Å². The first-order valence-corrected chi connectivity index (χ1v) is 27.3. The summed E-state index contributed by atoms with van der Waals surface area (Å²) in [6.07, 6.45) is 26.1. The minimum atomic E-state index is -1.00. The number of halogens is 1. The second-order valence-electron chi connectivity index (χ2n) is 15.3. The number of nitriles is 1. The number of carbonyl (C=O) groups excluding carboxylic acids is 1. The van der Waals surface area contributed by atoms with Crippen LogP contribution in [0.25, 0.3) is 39.0 Å². The number of hydrogen-bond donors (Lipinski definition) is 0. The van der Waals surface area contributed by atoms with Gasteiger partial charge in [0.25, 0.3) is 0 Å². The Balaban J connectivity index is 0.000000306. The third kappa shape index (κ3) is 16.4. The van der Waals surface area contributed by atoms with E-state index in [1.54, 1.807) is 22.7 Å². The van der Waals surface area contributed by atoms with E-state index in [9.17, 15) is 14.4 Å². The quantitative estimate of drug-likeness (QED) is 0.0424. The van der Waals surface area contributed by atoms with Crippen molar-refractivity contribution in [3.05, 3.63) is 91.3 Å². The van der Waals surface area contributed by atoms with Crippen molar-refractivity contribution in [3.63, 3.8) is 0 Å². The molecule has 0 atom stereocenters. The maximum atomic E-state index is 11.4. The first-order valence-electron chi connectivity index (χ1n) is 22.9. The lowest BCUT2D eigenvalue weighted by molar-refractivity contribution is 0.112. The summed E-state index contributed by atoms with van der Waals surface area (Å²) < 4.78 is 15.5. The number of nitrogens with zero attached hydrogens (tertiary/aromatic N) is 1. The molecule has 61 heavy (non-hydrogen) atoms. The van der Waals surface area contributed by atoms with Crippen LogP contribution in [0.15, 0.2) is 59.3 Å². The molecule has 0 aliphatic heterocycles. The van der Waals surface area contributed by atoms with Crippen LogP contribution in [0.2, 0.25) is 0 Å². The molecule has 0 N–H and O–H groups in total. The Bertz CT molecular complexity index is 2140. The Morgan fingerprint density at radius 2 is 0.918 bits per heavy atom. The average Bonchev–Trinajstić information content (AvgIpc) is 4.13. The summed E-state index contributed by atoms with van der Waals surface area (Å²) in [6.45, 7) is 9.03. The van der Waals surface area contributed by atoms with E-state index in [4.69, 9.17) is 1.37 Å². The van der Waals surface area contributed by atoms with Gasteiger partial charge in [0.1, 0.15) is 10.9 Å². The van der Waals surface area contributed by atoms with Crippen molar-refractivity contribution in [2.24, 2.45) is 0 Å². The molecule has 0 aliphatic carbocycles. The average molecular weight is 938 g/mol. The van der Waals surface area contributed by atoms with E-state index in [0.717, 1.165) is 28.9 Å². The zero-order valence-corrected chi connectivity index (χ0v) is 41.3. The number of hydrogen-bond acceptors (Lipinski definition) is 8. The zero-order valence-electron chi connectivity index (χ0n) is 37.4. The lowest BCUT2D eigenvalue weighted by atomic mass is 10.1. The summed E-state index contributed by atoms with van der Waals surface area (Å²) in [7, 11) is -1.00. The van der Waals surface area contributed by atoms with Gasteiger partial charge in [-0.15, -0.1) is 68.0 Å². The van der Waals surface area contributed by atoms with Gasteiger partial charge in [-0.2, -0.15) is 5.26 Å². The Morgan fingerprint density at radius 1 is 0.541 bits per heavy atom. The molecule has 6 aromatic rings. The molecule has 0 unspecified atom stereocenters. The van der Waals surface area contributed by atoms with Crippen LogP contribution in [0, 0.1) is 11.3 Å².